The summed E-state index contributed by atoms with van der Waals surface area (Å²) in [5, 5.41) is 8.99. The van der Waals surface area contributed by atoms with E-state index in [-0.39, 0.29) is 5.41 Å². The van der Waals surface area contributed by atoms with Gasteiger partial charge in [0.15, 0.2) is 0 Å². The van der Waals surface area contributed by atoms with Crippen LogP contribution in [0.15, 0.2) is 0 Å². The van der Waals surface area contributed by atoms with E-state index < -0.39 is 5.97 Å². The van der Waals surface area contributed by atoms with Gasteiger partial charge in [-0.05, 0) is 43.1 Å². The van der Waals surface area contributed by atoms with Crippen molar-refractivity contribution in [1.29, 1.82) is 0 Å². The van der Waals surface area contributed by atoms with Crippen LogP contribution in [0.4, 0.5) is 0 Å². The Kier molecular flexibility index (Phi) is 1.69. The number of thioether (sulfide) groups is 1. The molecule has 2 nitrogen and oxygen atoms in total. The zero-order chi connectivity index (χ0) is 8.82. The molecule has 0 radical (unpaired) electrons. The second-order valence-corrected chi connectivity index (χ2v) is 5.24. The summed E-state index contributed by atoms with van der Waals surface area (Å²) in [4.78, 5) is 10.9. The van der Waals surface area contributed by atoms with E-state index in [0.717, 1.165) is 31.4 Å². The van der Waals surface area contributed by atoms with E-state index in [1.165, 1.54) is 0 Å². The topological polar surface area (TPSA) is 37.3 Å². The zero-order valence-corrected chi connectivity index (χ0v) is 8.12. The summed E-state index contributed by atoms with van der Waals surface area (Å²) in [5.41, 5.74) is 0.119. The number of carboxylic acids is 1. The summed E-state index contributed by atoms with van der Waals surface area (Å²) in [6.45, 7) is 0. The van der Waals surface area contributed by atoms with Crippen LogP contribution in [0.3, 0.4) is 0 Å². The molecule has 1 N–H and O–H groups in total. The second-order valence-electron chi connectivity index (χ2n) is 4.37. The van der Waals surface area contributed by atoms with Crippen LogP contribution >= 0.6 is 11.8 Å². The highest BCUT2D eigenvalue weighted by molar-refractivity contribution is 7.98. The minimum absolute atomic E-state index is 0.296. The number of rotatable bonds is 3. The van der Waals surface area contributed by atoms with Crippen molar-refractivity contribution in [2.45, 2.75) is 25.7 Å². The standard InChI is InChI=1S/C9H14O2S/c1-12-6-8-2-3-9(4-8,5-8)7(10)11/h2-6H2,1H3,(H,10,11). The maximum atomic E-state index is 10.9. The lowest BCUT2D eigenvalue weighted by Gasteiger charge is -2.44. The molecule has 0 atom stereocenters. The Morgan fingerprint density at radius 3 is 2.58 bits per heavy atom. The van der Waals surface area contributed by atoms with Gasteiger partial charge >= 0.3 is 5.97 Å². The maximum absolute atomic E-state index is 10.9. The average Bonchev–Trinajstić information content (AvgIpc) is 2.42. The molecule has 0 aromatic carbocycles. The van der Waals surface area contributed by atoms with Crippen LogP contribution in [0.1, 0.15) is 25.7 Å². The minimum Gasteiger partial charge on any atom is -0.481 e. The number of hydrogen-bond acceptors (Lipinski definition) is 2. The van der Waals surface area contributed by atoms with Crippen molar-refractivity contribution in [3.8, 4) is 0 Å². The molecule has 3 aliphatic rings. The molecule has 68 valence electrons. The molecule has 2 bridgehead atoms. The maximum Gasteiger partial charge on any atom is 0.309 e. The van der Waals surface area contributed by atoms with Gasteiger partial charge in [-0.2, -0.15) is 11.8 Å². The first kappa shape index (κ1) is 8.42. The molecule has 3 heteroatoms. The average molecular weight is 186 g/mol. The molecule has 3 aliphatic carbocycles. The number of carbonyl (C=O) groups is 1. The summed E-state index contributed by atoms with van der Waals surface area (Å²) in [7, 11) is 0. The Labute approximate surface area is 76.7 Å². The lowest BCUT2D eigenvalue weighted by Crippen LogP contribution is -2.44. The van der Waals surface area contributed by atoms with Crippen LogP contribution in [0.2, 0.25) is 0 Å². The van der Waals surface area contributed by atoms with E-state index in [2.05, 4.69) is 6.26 Å². The molecule has 3 saturated carbocycles. The SMILES string of the molecule is CSCC12CCC(C(=O)O)(C1)C2. The number of carboxylic acid groups (broad SMARTS) is 1. The van der Waals surface area contributed by atoms with Crippen LogP contribution in [-0.4, -0.2) is 23.1 Å². The minimum atomic E-state index is -0.559. The molecular formula is C9H14O2S. The van der Waals surface area contributed by atoms with E-state index in [9.17, 15) is 4.79 Å². The molecule has 0 amide bonds. The Balaban J connectivity index is 2.05. The van der Waals surface area contributed by atoms with Crippen molar-refractivity contribution in [3.05, 3.63) is 0 Å². The molecule has 0 aromatic heterocycles. The fourth-order valence-electron chi connectivity index (χ4n) is 2.98. The lowest BCUT2D eigenvalue weighted by atomic mass is 9.61. The van der Waals surface area contributed by atoms with E-state index >= 15 is 0 Å². The Morgan fingerprint density at radius 2 is 2.17 bits per heavy atom. The first-order chi connectivity index (χ1) is 5.63. The van der Waals surface area contributed by atoms with Gasteiger partial charge in [-0.3, -0.25) is 4.79 Å². The monoisotopic (exact) mass is 186 g/mol. The van der Waals surface area contributed by atoms with Gasteiger partial charge < -0.3 is 5.11 Å². The van der Waals surface area contributed by atoms with Gasteiger partial charge in [-0.1, -0.05) is 0 Å². The Morgan fingerprint density at radius 1 is 1.50 bits per heavy atom. The highest BCUT2D eigenvalue weighted by Crippen LogP contribution is 2.67. The summed E-state index contributed by atoms with van der Waals surface area (Å²) in [6, 6.07) is 0. The molecule has 0 unspecified atom stereocenters. The largest absolute Gasteiger partial charge is 0.481 e. The fraction of sp³-hybridized carbons (Fsp3) is 0.889. The molecule has 0 heterocycles. The van der Waals surface area contributed by atoms with Gasteiger partial charge in [0, 0.05) is 0 Å². The number of aliphatic carboxylic acids is 1. The first-order valence-corrected chi connectivity index (χ1v) is 5.74. The van der Waals surface area contributed by atoms with Crippen molar-refractivity contribution >= 4 is 17.7 Å². The Bertz CT molecular complexity index is 219. The summed E-state index contributed by atoms with van der Waals surface area (Å²) < 4.78 is 0. The molecule has 0 saturated heterocycles. The van der Waals surface area contributed by atoms with Crippen LogP contribution in [0, 0.1) is 10.8 Å². The van der Waals surface area contributed by atoms with Gasteiger partial charge in [0.1, 0.15) is 0 Å². The molecule has 0 aliphatic heterocycles. The molecule has 3 fully saturated rings. The lowest BCUT2D eigenvalue weighted by molar-refractivity contribution is -0.156. The zero-order valence-electron chi connectivity index (χ0n) is 7.30. The van der Waals surface area contributed by atoms with Crippen molar-refractivity contribution in [2.75, 3.05) is 12.0 Å². The van der Waals surface area contributed by atoms with Gasteiger partial charge in [0.05, 0.1) is 5.41 Å². The van der Waals surface area contributed by atoms with Crippen LogP contribution in [0.5, 0.6) is 0 Å². The van der Waals surface area contributed by atoms with E-state index in [1.807, 2.05) is 11.8 Å². The van der Waals surface area contributed by atoms with Gasteiger partial charge in [0.25, 0.3) is 0 Å². The quantitative estimate of drug-likeness (QED) is 0.732. The van der Waals surface area contributed by atoms with Crippen LogP contribution < -0.4 is 0 Å². The van der Waals surface area contributed by atoms with Crippen molar-refractivity contribution in [2.24, 2.45) is 10.8 Å². The molecular weight excluding hydrogens is 172 g/mol. The first-order valence-electron chi connectivity index (χ1n) is 4.35. The van der Waals surface area contributed by atoms with Crippen molar-refractivity contribution in [3.63, 3.8) is 0 Å². The highest BCUT2D eigenvalue weighted by atomic mass is 32.2. The van der Waals surface area contributed by atoms with Gasteiger partial charge in [-0.15, -0.1) is 0 Å². The Hall–Kier alpha value is -0.180. The van der Waals surface area contributed by atoms with Crippen LogP contribution in [0.25, 0.3) is 0 Å². The predicted octanol–water partition coefficient (Wildman–Crippen LogP) is 1.99. The molecule has 0 spiro atoms. The van der Waals surface area contributed by atoms with Gasteiger partial charge in [-0.25, -0.2) is 0 Å². The van der Waals surface area contributed by atoms with E-state index in [0.29, 0.717) is 5.41 Å². The highest BCUT2D eigenvalue weighted by Gasteiger charge is 2.64. The third-order valence-corrected chi connectivity index (χ3v) is 4.37. The van der Waals surface area contributed by atoms with Crippen molar-refractivity contribution in [1.82, 2.24) is 0 Å². The molecule has 3 rings (SSSR count). The second kappa shape index (κ2) is 2.41. The van der Waals surface area contributed by atoms with Crippen molar-refractivity contribution < 1.29 is 9.90 Å². The van der Waals surface area contributed by atoms with Crippen LogP contribution in [-0.2, 0) is 4.79 Å². The predicted molar refractivity (Wildman–Crippen MR) is 49.4 cm³/mol. The summed E-state index contributed by atoms with van der Waals surface area (Å²) in [5.74, 6) is 0.596. The third kappa shape index (κ3) is 0.920. The van der Waals surface area contributed by atoms with Gasteiger partial charge in [0.2, 0.25) is 0 Å². The summed E-state index contributed by atoms with van der Waals surface area (Å²) in [6.07, 6.45) is 6.04. The fourth-order valence-corrected chi connectivity index (χ4v) is 3.94. The smallest absolute Gasteiger partial charge is 0.309 e. The number of hydrogen-bond donors (Lipinski definition) is 1. The molecule has 12 heavy (non-hydrogen) atoms. The summed E-state index contributed by atoms with van der Waals surface area (Å²) >= 11 is 1.85. The normalized spacial score (nSPS) is 44.1. The molecule has 0 aromatic rings. The number of fused-ring (bicyclic) bond motifs is 1. The third-order valence-electron chi connectivity index (χ3n) is 3.46. The van der Waals surface area contributed by atoms with E-state index in [1.54, 1.807) is 0 Å². The van der Waals surface area contributed by atoms with E-state index in [4.69, 9.17) is 5.11 Å².